The van der Waals surface area contributed by atoms with E-state index in [9.17, 15) is 9.59 Å². The van der Waals surface area contributed by atoms with E-state index in [2.05, 4.69) is 29.6 Å². The molecule has 28 heavy (non-hydrogen) atoms. The Balaban J connectivity index is 1.81. The quantitative estimate of drug-likeness (QED) is 0.625. The number of hydrogen-bond acceptors (Lipinski definition) is 4. The van der Waals surface area contributed by atoms with Gasteiger partial charge in [-0.05, 0) is 30.5 Å². The number of anilines is 1. The van der Waals surface area contributed by atoms with Crippen molar-refractivity contribution in [3.05, 3.63) is 54.1 Å². The first-order valence-corrected chi connectivity index (χ1v) is 10.3. The van der Waals surface area contributed by atoms with Crippen molar-refractivity contribution in [1.82, 2.24) is 4.90 Å². The molecule has 0 spiro atoms. The molecule has 0 radical (unpaired) electrons. The molecule has 1 unspecified atom stereocenters. The Morgan fingerprint density at radius 2 is 1.89 bits per heavy atom. The lowest BCUT2D eigenvalue weighted by molar-refractivity contribution is -0.885. The maximum atomic E-state index is 12.4. The molecule has 2 N–H and O–H groups in total. The summed E-state index contributed by atoms with van der Waals surface area (Å²) in [6, 6.07) is 15.5. The Bertz CT molecular complexity index is 796. The second-order valence-electron chi connectivity index (χ2n) is 6.69. The lowest BCUT2D eigenvalue weighted by Crippen LogP contribution is -3.08. The third-order valence-corrected chi connectivity index (χ3v) is 5.02. The number of rotatable bonds is 9. The van der Waals surface area contributed by atoms with Gasteiger partial charge < -0.3 is 19.9 Å². The third-order valence-electron chi connectivity index (χ3n) is 4.28. The molecule has 0 heterocycles. The average molecular weight is 403 g/mol. The maximum Gasteiger partial charge on any atom is 0.277 e. The summed E-state index contributed by atoms with van der Waals surface area (Å²) in [7, 11) is 5.20. The van der Waals surface area contributed by atoms with Crippen LogP contribution < -0.4 is 15.0 Å². The van der Waals surface area contributed by atoms with Crippen LogP contribution in [0.15, 0.2) is 53.4 Å². The summed E-state index contributed by atoms with van der Waals surface area (Å²) < 4.78 is 5.14. The number of nitrogens with one attached hydrogen (secondary N) is 2. The molecule has 1 atom stereocenters. The minimum absolute atomic E-state index is 0.00570. The Morgan fingerprint density at radius 3 is 2.54 bits per heavy atom. The number of likely N-dealkylation sites (N-methyl/N-ethyl adjacent to an activating group) is 2. The predicted octanol–water partition coefficient (Wildman–Crippen LogP) is 1.53. The van der Waals surface area contributed by atoms with Crippen LogP contribution in [-0.2, 0) is 16.1 Å². The van der Waals surface area contributed by atoms with Crippen LogP contribution in [0.3, 0.4) is 0 Å². The summed E-state index contributed by atoms with van der Waals surface area (Å²) in [5, 5.41) is 2.78. The number of carbonyl (C=O) groups is 2. The molecular formula is C21H28N3O3S+. The fourth-order valence-corrected chi connectivity index (χ4v) is 3.16. The van der Waals surface area contributed by atoms with Crippen molar-refractivity contribution in [3.8, 4) is 5.75 Å². The van der Waals surface area contributed by atoms with E-state index in [4.69, 9.17) is 4.74 Å². The van der Waals surface area contributed by atoms with Gasteiger partial charge in [0.15, 0.2) is 6.54 Å². The molecule has 0 saturated carbocycles. The number of quaternary nitrogens is 1. The van der Waals surface area contributed by atoms with E-state index in [0.29, 0.717) is 18.0 Å². The van der Waals surface area contributed by atoms with Crippen molar-refractivity contribution in [2.45, 2.75) is 11.4 Å². The van der Waals surface area contributed by atoms with Crippen molar-refractivity contribution in [1.29, 1.82) is 0 Å². The number of benzene rings is 2. The standard InChI is InChI=1S/C21H27N3O3S/c1-23(13-16-8-10-19(28-4)11-9-16)15-21(26)24(2)14-20(25)22-17-6-5-7-18(12-17)27-3/h5-12H,13-15H2,1-4H3,(H,22,25)/p+1. The van der Waals surface area contributed by atoms with Gasteiger partial charge in [0.1, 0.15) is 12.3 Å². The second-order valence-corrected chi connectivity index (χ2v) is 7.57. The summed E-state index contributed by atoms with van der Waals surface area (Å²) >= 11 is 1.71. The highest BCUT2D eigenvalue weighted by Crippen LogP contribution is 2.16. The monoisotopic (exact) mass is 402 g/mol. The minimum atomic E-state index is -0.241. The Labute approximate surface area is 170 Å². The Hall–Kier alpha value is -2.51. The van der Waals surface area contributed by atoms with Gasteiger partial charge in [0.25, 0.3) is 5.91 Å². The summed E-state index contributed by atoms with van der Waals surface area (Å²) in [6.07, 6.45) is 2.05. The van der Waals surface area contributed by atoms with Gasteiger partial charge in [0.05, 0.1) is 20.7 Å². The zero-order valence-electron chi connectivity index (χ0n) is 16.8. The van der Waals surface area contributed by atoms with Crippen LogP contribution in [-0.4, -0.2) is 57.3 Å². The van der Waals surface area contributed by atoms with Crippen LogP contribution in [0.1, 0.15) is 5.56 Å². The van der Waals surface area contributed by atoms with E-state index in [1.807, 2.05) is 13.3 Å². The molecule has 6 nitrogen and oxygen atoms in total. The van der Waals surface area contributed by atoms with Gasteiger partial charge in [-0.2, -0.15) is 0 Å². The molecule has 0 fully saturated rings. The van der Waals surface area contributed by atoms with Gasteiger partial charge in [0.2, 0.25) is 5.91 Å². The number of ether oxygens (including phenoxy) is 1. The number of nitrogens with zero attached hydrogens (tertiary/aromatic N) is 1. The van der Waals surface area contributed by atoms with Crippen molar-refractivity contribution >= 4 is 29.3 Å². The van der Waals surface area contributed by atoms with E-state index in [0.717, 1.165) is 11.4 Å². The molecule has 2 aromatic rings. The van der Waals surface area contributed by atoms with Gasteiger partial charge in [0, 0.05) is 29.3 Å². The molecule has 0 aromatic heterocycles. The third kappa shape index (κ3) is 6.90. The number of methoxy groups -OCH3 is 1. The SMILES string of the molecule is COc1cccc(NC(=O)CN(C)C(=O)C[NH+](C)Cc2ccc(SC)cc2)c1. The molecule has 2 amide bonds. The van der Waals surface area contributed by atoms with Gasteiger partial charge >= 0.3 is 0 Å². The molecule has 0 bridgehead atoms. The van der Waals surface area contributed by atoms with E-state index < -0.39 is 0 Å². The van der Waals surface area contributed by atoms with E-state index in [1.54, 1.807) is 50.2 Å². The van der Waals surface area contributed by atoms with Crippen LogP contribution >= 0.6 is 11.8 Å². The smallest absolute Gasteiger partial charge is 0.277 e. The number of carbonyl (C=O) groups excluding carboxylic acids is 2. The largest absolute Gasteiger partial charge is 0.497 e. The molecule has 2 aromatic carbocycles. The molecule has 150 valence electrons. The zero-order chi connectivity index (χ0) is 20.5. The number of thioether (sulfide) groups is 1. The number of hydrogen-bond donors (Lipinski definition) is 2. The van der Waals surface area contributed by atoms with Crippen molar-refractivity contribution in [2.24, 2.45) is 0 Å². The topological polar surface area (TPSA) is 63.1 Å². The van der Waals surface area contributed by atoms with Crippen LogP contribution in [0, 0.1) is 0 Å². The molecule has 0 aliphatic carbocycles. The molecule has 0 saturated heterocycles. The first-order valence-electron chi connectivity index (χ1n) is 9.03. The van der Waals surface area contributed by atoms with Crippen LogP contribution in [0.5, 0.6) is 5.75 Å². The fourth-order valence-electron chi connectivity index (χ4n) is 2.75. The van der Waals surface area contributed by atoms with Crippen molar-refractivity contribution in [2.75, 3.05) is 45.9 Å². The van der Waals surface area contributed by atoms with Crippen molar-refractivity contribution < 1.29 is 19.2 Å². The van der Waals surface area contributed by atoms with E-state index in [1.165, 1.54) is 15.4 Å². The number of amides is 2. The van der Waals surface area contributed by atoms with Crippen LogP contribution in [0.2, 0.25) is 0 Å². The Kier molecular flexibility index (Phi) is 8.35. The van der Waals surface area contributed by atoms with Gasteiger partial charge in [-0.15, -0.1) is 11.8 Å². The van der Waals surface area contributed by atoms with E-state index in [-0.39, 0.29) is 18.4 Å². The lowest BCUT2D eigenvalue weighted by atomic mass is 10.2. The average Bonchev–Trinajstić information content (AvgIpc) is 2.68. The lowest BCUT2D eigenvalue weighted by Gasteiger charge is -2.20. The van der Waals surface area contributed by atoms with E-state index >= 15 is 0 Å². The van der Waals surface area contributed by atoms with Gasteiger partial charge in [-0.3, -0.25) is 9.59 Å². The fraction of sp³-hybridized carbons (Fsp3) is 0.333. The molecule has 7 heteroatoms. The highest BCUT2D eigenvalue weighted by atomic mass is 32.2. The summed E-state index contributed by atoms with van der Waals surface area (Å²) in [6.45, 7) is 1.09. The second kappa shape index (κ2) is 10.7. The minimum Gasteiger partial charge on any atom is -0.497 e. The normalized spacial score (nSPS) is 11.6. The van der Waals surface area contributed by atoms with Gasteiger partial charge in [-0.25, -0.2) is 0 Å². The molecular weight excluding hydrogens is 374 g/mol. The molecule has 0 aliphatic rings. The van der Waals surface area contributed by atoms with Crippen LogP contribution in [0.4, 0.5) is 5.69 Å². The Morgan fingerprint density at radius 1 is 1.18 bits per heavy atom. The maximum absolute atomic E-state index is 12.4. The predicted molar refractivity (Wildman–Crippen MR) is 113 cm³/mol. The summed E-state index contributed by atoms with van der Waals surface area (Å²) in [4.78, 5) is 28.4. The first kappa shape index (κ1) is 21.8. The summed E-state index contributed by atoms with van der Waals surface area (Å²) in [5.41, 5.74) is 1.82. The highest BCUT2D eigenvalue weighted by Gasteiger charge is 2.17. The molecule has 0 aliphatic heterocycles. The zero-order valence-corrected chi connectivity index (χ0v) is 17.6. The van der Waals surface area contributed by atoms with Crippen LogP contribution in [0.25, 0.3) is 0 Å². The summed E-state index contributed by atoms with van der Waals surface area (Å²) in [5.74, 6) is 0.353. The van der Waals surface area contributed by atoms with Gasteiger partial charge in [-0.1, -0.05) is 18.2 Å². The van der Waals surface area contributed by atoms with Crippen molar-refractivity contribution in [3.63, 3.8) is 0 Å². The highest BCUT2D eigenvalue weighted by molar-refractivity contribution is 7.98. The first-order chi connectivity index (χ1) is 13.4. The molecule has 2 rings (SSSR count).